The van der Waals surface area contributed by atoms with E-state index >= 15 is 0 Å². The lowest BCUT2D eigenvalue weighted by Crippen LogP contribution is -2.31. The Morgan fingerprint density at radius 3 is 2.76 bits per heavy atom. The van der Waals surface area contributed by atoms with Gasteiger partial charge >= 0.3 is 5.97 Å². The second-order valence-electron chi connectivity index (χ2n) is 5.37. The van der Waals surface area contributed by atoms with E-state index < -0.39 is 5.97 Å². The molecule has 0 aliphatic carbocycles. The fraction of sp³-hybridized carbons (Fsp3) is 0.263. The van der Waals surface area contributed by atoms with E-state index in [2.05, 4.69) is 36.0 Å². The molecule has 0 saturated carbocycles. The SMILES string of the molecule is C=CNC(/C=C\C(=C)C(=O)NCCCC)Nc1cccc(C(=O)O)c1. The fourth-order valence-electron chi connectivity index (χ4n) is 1.97. The van der Waals surface area contributed by atoms with Crippen molar-refractivity contribution >= 4 is 17.6 Å². The minimum Gasteiger partial charge on any atom is -0.478 e. The molecule has 1 amide bonds. The Hall–Kier alpha value is -3.02. The van der Waals surface area contributed by atoms with Crippen LogP contribution in [0.3, 0.4) is 0 Å². The molecule has 0 bridgehead atoms. The second-order valence-corrected chi connectivity index (χ2v) is 5.37. The molecule has 1 rings (SSSR count). The molecule has 4 N–H and O–H groups in total. The molecule has 0 fully saturated rings. The number of unbranched alkanes of at least 4 members (excludes halogenated alkanes) is 1. The Balaban J connectivity index is 2.71. The minimum atomic E-state index is -0.996. The van der Waals surface area contributed by atoms with E-state index in [0.29, 0.717) is 17.8 Å². The van der Waals surface area contributed by atoms with Crippen LogP contribution >= 0.6 is 0 Å². The molecular weight excluding hydrogens is 318 g/mol. The van der Waals surface area contributed by atoms with Gasteiger partial charge in [0.25, 0.3) is 5.91 Å². The predicted octanol–water partition coefficient (Wildman–Crippen LogP) is 2.88. The number of anilines is 1. The van der Waals surface area contributed by atoms with Gasteiger partial charge in [0.15, 0.2) is 0 Å². The third-order valence-corrected chi connectivity index (χ3v) is 3.33. The number of aromatic carboxylic acids is 1. The van der Waals surface area contributed by atoms with Crippen molar-refractivity contribution in [2.24, 2.45) is 0 Å². The first-order valence-corrected chi connectivity index (χ1v) is 8.10. The molecule has 1 aromatic carbocycles. The lowest BCUT2D eigenvalue weighted by molar-refractivity contribution is -0.117. The van der Waals surface area contributed by atoms with Gasteiger partial charge in [-0.15, -0.1) is 0 Å². The minimum absolute atomic E-state index is 0.186. The summed E-state index contributed by atoms with van der Waals surface area (Å²) >= 11 is 0. The quantitative estimate of drug-likeness (QED) is 0.215. The summed E-state index contributed by atoms with van der Waals surface area (Å²) in [6.45, 7) is 10.0. The highest BCUT2D eigenvalue weighted by molar-refractivity contribution is 5.95. The summed E-state index contributed by atoms with van der Waals surface area (Å²) in [5.41, 5.74) is 1.15. The van der Waals surface area contributed by atoms with Gasteiger partial charge in [0.05, 0.1) is 5.56 Å². The van der Waals surface area contributed by atoms with Crippen LogP contribution in [-0.4, -0.2) is 29.7 Å². The van der Waals surface area contributed by atoms with Crippen LogP contribution in [0, 0.1) is 0 Å². The van der Waals surface area contributed by atoms with E-state index in [1.165, 1.54) is 18.3 Å². The van der Waals surface area contributed by atoms with Crippen molar-refractivity contribution in [3.05, 3.63) is 66.9 Å². The van der Waals surface area contributed by atoms with E-state index in [1.807, 2.05) is 0 Å². The Bertz CT molecular complexity index is 653. The van der Waals surface area contributed by atoms with Crippen LogP contribution < -0.4 is 16.0 Å². The Morgan fingerprint density at radius 1 is 1.36 bits per heavy atom. The molecule has 0 radical (unpaired) electrons. The van der Waals surface area contributed by atoms with Crippen molar-refractivity contribution in [1.29, 1.82) is 0 Å². The van der Waals surface area contributed by atoms with Crippen LogP contribution in [0.4, 0.5) is 5.69 Å². The monoisotopic (exact) mass is 343 g/mol. The van der Waals surface area contributed by atoms with Crippen molar-refractivity contribution in [2.75, 3.05) is 11.9 Å². The standard InChI is InChI=1S/C19H25N3O3/c1-4-6-12-21-18(23)14(3)10-11-17(20-5-2)22-16-9-7-8-15(13-16)19(24)25/h5,7-11,13,17,20,22H,2-4,6,12H2,1H3,(H,21,23)(H,24,25)/b11-10-. The van der Waals surface area contributed by atoms with Crippen LogP contribution in [-0.2, 0) is 4.79 Å². The van der Waals surface area contributed by atoms with Crippen molar-refractivity contribution < 1.29 is 14.7 Å². The van der Waals surface area contributed by atoms with Crippen molar-refractivity contribution in [2.45, 2.75) is 25.9 Å². The van der Waals surface area contributed by atoms with Gasteiger partial charge in [0.1, 0.15) is 6.17 Å². The maximum atomic E-state index is 11.9. The molecule has 0 aliphatic heterocycles. The van der Waals surface area contributed by atoms with Gasteiger partial charge in [-0.25, -0.2) is 4.79 Å². The summed E-state index contributed by atoms with van der Waals surface area (Å²) in [6.07, 6.45) is 6.39. The average molecular weight is 343 g/mol. The molecule has 1 atom stereocenters. The molecule has 25 heavy (non-hydrogen) atoms. The van der Waals surface area contributed by atoms with Gasteiger partial charge in [-0.2, -0.15) is 0 Å². The highest BCUT2D eigenvalue weighted by atomic mass is 16.4. The summed E-state index contributed by atoms with van der Waals surface area (Å²) < 4.78 is 0. The number of nitrogens with one attached hydrogen (secondary N) is 3. The van der Waals surface area contributed by atoms with Crippen LogP contribution in [0.2, 0.25) is 0 Å². The molecule has 1 unspecified atom stereocenters. The van der Waals surface area contributed by atoms with Gasteiger partial charge < -0.3 is 21.1 Å². The molecule has 0 aliphatic rings. The summed E-state index contributed by atoms with van der Waals surface area (Å²) in [5, 5.41) is 17.9. The number of carbonyl (C=O) groups is 2. The van der Waals surface area contributed by atoms with E-state index in [-0.39, 0.29) is 17.6 Å². The summed E-state index contributed by atoms with van der Waals surface area (Å²) in [7, 11) is 0. The Labute approximate surface area is 148 Å². The first kappa shape index (κ1) is 20.0. The normalized spacial score (nSPS) is 11.6. The zero-order valence-electron chi connectivity index (χ0n) is 14.4. The Kier molecular flexibility index (Phi) is 8.57. The van der Waals surface area contributed by atoms with E-state index in [1.54, 1.807) is 24.3 Å². The largest absolute Gasteiger partial charge is 0.478 e. The summed E-state index contributed by atoms with van der Waals surface area (Å²) in [5.74, 6) is -1.21. The summed E-state index contributed by atoms with van der Waals surface area (Å²) in [6, 6.07) is 6.45. The van der Waals surface area contributed by atoms with Gasteiger partial charge in [0.2, 0.25) is 0 Å². The Morgan fingerprint density at radius 2 is 2.12 bits per heavy atom. The van der Waals surface area contributed by atoms with Gasteiger partial charge in [-0.1, -0.05) is 38.6 Å². The van der Waals surface area contributed by atoms with Crippen molar-refractivity contribution in [3.63, 3.8) is 0 Å². The maximum absolute atomic E-state index is 11.9. The van der Waals surface area contributed by atoms with Crippen LogP contribution in [0.15, 0.2) is 61.3 Å². The van der Waals surface area contributed by atoms with Gasteiger partial charge in [-0.3, -0.25) is 4.79 Å². The molecule has 0 heterocycles. The predicted molar refractivity (Wildman–Crippen MR) is 100 cm³/mol. The van der Waals surface area contributed by atoms with E-state index in [4.69, 9.17) is 5.11 Å². The highest BCUT2D eigenvalue weighted by Crippen LogP contribution is 2.12. The smallest absolute Gasteiger partial charge is 0.335 e. The fourth-order valence-corrected chi connectivity index (χ4v) is 1.97. The van der Waals surface area contributed by atoms with Crippen molar-refractivity contribution in [1.82, 2.24) is 10.6 Å². The van der Waals surface area contributed by atoms with Gasteiger partial charge in [-0.05, 0) is 36.9 Å². The number of carbonyl (C=O) groups excluding carboxylic acids is 1. The van der Waals surface area contributed by atoms with Crippen LogP contribution in [0.1, 0.15) is 30.1 Å². The third-order valence-electron chi connectivity index (χ3n) is 3.33. The molecule has 134 valence electrons. The third kappa shape index (κ3) is 7.39. The number of rotatable bonds is 11. The molecular formula is C19H25N3O3. The zero-order valence-corrected chi connectivity index (χ0v) is 14.4. The molecule has 0 spiro atoms. The molecule has 6 nitrogen and oxygen atoms in total. The number of carboxylic acid groups (broad SMARTS) is 1. The summed E-state index contributed by atoms with van der Waals surface area (Å²) in [4.78, 5) is 22.9. The van der Waals surface area contributed by atoms with Crippen molar-refractivity contribution in [3.8, 4) is 0 Å². The first-order chi connectivity index (χ1) is 12.0. The molecule has 1 aromatic rings. The number of hydrogen-bond acceptors (Lipinski definition) is 4. The second kappa shape index (κ2) is 10.7. The first-order valence-electron chi connectivity index (χ1n) is 8.10. The number of benzene rings is 1. The number of carboxylic acids is 1. The zero-order chi connectivity index (χ0) is 18.7. The number of amides is 1. The maximum Gasteiger partial charge on any atom is 0.335 e. The lowest BCUT2D eigenvalue weighted by Gasteiger charge is -2.17. The topological polar surface area (TPSA) is 90.5 Å². The number of hydrogen-bond donors (Lipinski definition) is 4. The molecule has 6 heteroatoms. The van der Waals surface area contributed by atoms with Crippen LogP contribution in [0.5, 0.6) is 0 Å². The lowest BCUT2D eigenvalue weighted by atomic mass is 10.2. The average Bonchev–Trinajstić information content (AvgIpc) is 2.59. The molecule has 0 saturated heterocycles. The van der Waals surface area contributed by atoms with Crippen LogP contribution in [0.25, 0.3) is 0 Å². The molecule has 0 aromatic heterocycles. The van der Waals surface area contributed by atoms with E-state index in [0.717, 1.165) is 12.8 Å². The van der Waals surface area contributed by atoms with E-state index in [9.17, 15) is 9.59 Å². The van der Waals surface area contributed by atoms with Gasteiger partial charge in [0, 0.05) is 17.8 Å². The highest BCUT2D eigenvalue weighted by Gasteiger charge is 2.07.